The first kappa shape index (κ1) is 14.6. The van der Waals surface area contributed by atoms with E-state index in [1.807, 2.05) is 0 Å². The highest BCUT2D eigenvalue weighted by Gasteiger charge is 2.25. The van der Waals surface area contributed by atoms with E-state index in [0.29, 0.717) is 5.75 Å². The second kappa shape index (κ2) is 6.56. The largest absolute Gasteiger partial charge is 0.496 e. The Kier molecular flexibility index (Phi) is 4.79. The van der Waals surface area contributed by atoms with Gasteiger partial charge in [0.25, 0.3) is 0 Å². The van der Waals surface area contributed by atoms with Crippen molar-refractivity contribution in [1.82, 2.24) is 0 Å². The lowest BCUT2D eigenvalue weighted by Crippen LogP contribution is -2.38. The summed E-state index contributed by atoms with van der Waals surface area (Å²) in [7, 11) is 1.47. The van der Waals surface area contributed by atoms with Crippen molar-refractivity contribution in [3.05, 3.63) is 28.3 Å². The summed E-state index contributed by atoms with van der Waals surface area (Å²) in [4.78, 5) is 10.7. The topological polar surface area (TPSA) is 87.6 Å². The summed E-state index contributed by atoms with van der Waals surface area (Å²) >= 11 is 0. The molecule has 0 aliphatic heterocycles. The molecular weight excluding hydrogens is 260 g/mol. The van der Waals surface area contributed by atoms with Crippen LogP contribution >= 0.6 is 0 Å². The third-order valence-corrected chi connectivity index (χ3v) is 3.64. The maximum atomic E-state index is 11.1. The van der Waals surface area contributed by atoms with Gasteiger partial charge in [-0.15, -0.1) is 0 Å². The predicted octanol–water partition coefficient (Wildman–Crippen LogP) is 2.64. The van der Waals surface area contributed by atoms with E-state index in [0.717, 1.165) is 32.1 Å². The van der Waals surface area contributed by atoms with Crippen molar-refractivity contribution >= 4 is 5.69 Å². The van der Waals surface area contributed by atoms with Gasteiger partial charge in [0.2, 0.25) is 0 Å². The van der Waals surface area contributed by atoms with Crippen molar-refractivity contribution < 1.29 is 14.4 Å². The molecule has 1 aliphatic carbocycles. The van der Waals surface area contributed by atoms with Gasteiger partial charge in [-0.25, -0.2) is 0 Å². The van der Waals surface area contributed by atoms with Crippen LogP contribution in [0.15, 0.2) is 18.2 Å². The molecule has 1 aromatic carbocycles. The summed E-state index contributed by atoms with van der Waals surface area (Å²) in [5.41, 5.74) is 6.01. The smallest absolute Gasteiger partial charge is 0.314 e. The lowest BCUT2D eigenvalue weighted by Gasteiger charge is -2.22. The standard InChI is InChI=1S/C14H20N2O4/c1-19-10-7-8-14(12(9-10)16(17)18)20-13-6-4-2-3-5-11(13)15/h7-9,11,13H,2-6,15H2,1H3. The number of benzene rings is 1. The van der Waals surface area contributed by atoms with E-state index in [2.05, 4.69) is 0 Å². The molecule has 6 nitrogen and oxygen atoms in total. The van der Waals surface area contributed by atoms with Crippen LogP contribution in [0.1, 0.15) is 32.1 Å². The van der Waals surface area contributed by atoms with E-state index in [-0.39, 0.29) is 23.6 Å². The highest BCUT2D eigenvalue weighted by atomic mass is 16.6. The van der Waals surface area contributed by atoms with Crippen molar-refractivity contribution in [2.24, 2.45) is 5.73 Å². The second-order valence-electron chi connectivity index (χ2n) is 5.05. The maximum Gasteiger partial charge on any atom is 0.314 e. The third kappa shape index (κ3) is 3.39. The zero-order chi connectivity index (χ0) is 14.5. The molecule has 110 valence electrons. The SMILES string of the molecule is COc1ccc(OC2CCCCCC2N)c([N+](=O)[O-])c1. The second-order valence-corrected chi connectivity index (χ2v) is 5.05. The highest BCUT2D eigenvalue weighted by molar-refractivity contribution is 5.51. The summed E-state index contributed by atoms with van der Waals surface area (Å²) in [6, 6.07) is 4.54. The molecule has 2 atom stereocenters. The Hall–Kier alpha value is -1.82. The minimum Gasteiger partial charge on any atom is -0.496 e. The maximum absolute atomic E-state index is 11.1. The Morgan fingerprint density at radius 3 is 2.75 bits per heavy atom. The number of nitro groups is 1. The van der Waals surface area contributed by atoms with Gasteiger partial charge >= 0.3 is 5.69 Å². The normalized spacial score (nSPS) is 22.9. The van der Waals surface area contributed by atoms with Crippen molar-refractivity contribution in [2.45, 2.75) is 44.2 Å². The molecule has 0 bridgehead atoms. The highest BCUT2D eigenvalue weighted by Crippen LogP contribution is 2.33. The fourth-order valence-corrected chi connectivity index (χ4v) is 2.48. The molecule has 1 aromatic rings. The fraction of sp³-hybridized carbons (Fsp3) is 0.571. The summed E-state index contributed by atoms with van der Waals surface area (Å²) in [6.45, 7) is 0. The van der Waals surface area contributed by atoms with Gasteiger partial charge in [-0.1, -0.05) is 12.8 Å². The van der Waals surface area contributed by atoms with Crippen molar-refractivity contribution in [3.8, 4) is 11.5 Å². The van der Waals surface area contributed by atoms with Crippen LogP contribution in [0, 0.1) is 10.1 Å². The molecule has 0 radical (unpaired) electrons. The fourth-order valence-electron chi connectivity index (χ4n) is 2.48. The van der Waals surface area contributed by atoms with Crippen LogP contribution in [0.4, 0.5) is 5.69 Å². The molecule has 2 unspecified atom stereocenters. The molecule has 0 aromatic heterocycles. The molecule has 1 saturated carbocycles. The first-order valence-electron chi connectivity index (χ1n) is 6.86. The van der Waals surface area contributed by atoms with Gasteiger partial charge in [0.1, 0.15) is 11.9 Å². The lowest BCUT2D eigenvalue weighted by atomic mass is 10.1. The summed E-state index contributed by atoms with van der Waals surface area (Å²) in [6.07, 6.45) is 4.84. The first-order valence-corrected chi connectivity index (χ1v) is 6.86. The number of hydrogen-bond acceptors (Lipinski definition) is 5. The Morgan fingerprint density at radius 1 is 1.30 bits per heavy atom. The molecule has 2 rings (SSSR count). The molecule has 2 N–H and O–H groups in total. The van der Waals surface area contributed by atoms with E-state index >= 15 is 0 Å². The number of nitrogens with zero attached hydrogens (tertiary/aromatic N) is 1. The minimum atomic E-state index is -0.458. The molecule has 1 aliphatic rings. The van der Waals surface area contributed by atoms with E-state index in [9.17, 15) is 10.1 Å². The molecular formula is C14H20N2O4. The molecule has 6 heteroatoms. The quantitative estimate of drug-likeness (QED) is 0.520. The van der Waals surface area contributed by atoms with Gasteiger partial charge in [0.05, 0.1) is 18.1 Å². The van der Waals surface area contributed by atoms with Gasteiger partial charge in [-0.05, 0) is 31.4 Å². The Labute approximate surface area is 118 Å². The van der Waals surface area contributed by atoms with Crippen LogP contribution in [0.5, 0.6) is 11.5 Å². The van der Waals surface area contributed by atoms with E-state index in [1.165, 1.54) is 13.2 Å². The Morgan fingerprint density at radius 2 is 2.05 bits per heavy atom. The van der Waals surface area contributed by atoms with Gasteiger partial charge < -0.3 is 15.2 Å². The van der Waals surface area contributed by atoms with Crippen LogP contribution < -0.4 is 15.2 Å². The van der Waals surface area contributed by atoms with Crippen LogP contribution in [0.25, 0.3) is 0 Å². The Balaban J connectivity index is 2.21. The molecule has 0 spiro atoms. The summed E-state index contributed by atoms with van der Waals surface area (Å²) in [5.74, 6) is 0.701. The number of hydrogen-bond donors (Lipinski definition) is 1. The van der Waals surface area contributed by atoms with Crippen LogP contribution in [0.2, 0.25) is 0 Å². The number of nitrogens with two attached hydrogens (primary N) is 1. The zero-order valence-electron chi connectivity index (χ0n) is 11.6. The molecule has 0 saturated heterocycles. The summed E-state index contributed by atoms with van der Waals surface area (Å²) in [5, 5.41) is 11.1. The van der Waals surface area contributed by atoms with Crippen LogP contribution in [-0.2, 0) is 0 Å². The summed E-state index contributed by atoms with van der Waals surface area (Å²) < 4.78 is 10.8. The number of nitro benzene ring substituents is 1. The lowest BCUT2D eigenvalue weighted by molar-refractivity contribution is -0.386. The number of rotatable bonds is 4. The third-order valence-electron chi connectivity index (χ3n) is 3.64. The zero-order valence-corrected chi connectivity index (χ0v) is 11.6. The van der Waals surface area contributed by atoms with Gasteiger partial charge in [-0.2, -0.15) is 0 Å². The van der Waals surface area contributed by atoms with Gasteiger partial charge in [0.15, 0.2) is 5.75 Å². The average Bonchev–Trinajstić information content (AvgIpc) is 2.64. The first-order chi connectivity index (χ1) is 9.61. The van der Waals surface area contributed by atoms with Crippen molar-refractivity contribution in [1.29, 1.82) is 0 Å². The number of ether oxygens (including phenoxy) is 2. The van der Waals surface area contributed by atoms with Crippen LogP contribution in [-0.4, -0.2) is 24.2 Å². The minimum absolute atomic E-state index is 0.0702. The molecule has 0 amide bonds. The Bertz CT molecular complexity index is 478. The van der Waals surface area contributed by atoms with Gasteiger partial charge in [-0.3, -0.25) is 10.1 Å². The van der Waals surface area contributed by atoms with E-state index in [4.69, 9.17) is 15.2 Å². The average molecular weight is 280 g/mol. The van der Waals surface area contributed by atoms with E-state index in [1.54, 1.807) is 12.1 Å². The van der Waals surface area contributed by atoms with Gasteiger partial charge in [0, 0.05) is 6.04 Å². The monoisotopic (exact) mass is 280 g/mol. The van der Waals surface area contributed by atoms with Crippen molar-refractivity contribution in [3.63, 3.8) is 0 Å². The van der Waals surface area contributed by atoms with E-state index < -0.39 is 4.92 Å². The molecule has 1 fully saturated rings. The molecule has 20 heavy (non-hydrogen) atoms. The van der Waals surface area contributed by atoms with Crippen LogP contribution in [0.3, 0.4) is 0 Å². The molecule has 0 heterocycles. The number of methoxy groups -OCH3 is 1. The predicted molar refractivity (Wildman–Crippen MR) is 75.1 cm³/mol. The van der Waals surface area contributed by atoms with Crippen molar-refractivity contribution in [2.75, 3.05) is 7.11 Å².